The van der Waals surface area contributed by atoms with Crippen molar-refractivity contribution >= 4 is 33.5 Å². The maximum Gasteiger partial charge on any atom is 0.310 e. The molecule has 1 rings (SSSR count). The lowest BCUT2D eigenvalue weighted by Crippen LogP contribution is -2.07. The van der Waals surface area contributed by atoms with Crippen LogP contribution in [0.2, 0.25) is 5.02 Å². The van der Waals surface area contributed by atoms with Crippen LogP contribution in [-0.2, 0) is 16.0 Å². The van der Waals surface area contributed by atoms with Gasteiger partial charge in [-0.1, -0.05) is 11.6 Å². The van der Waals surface area contributed by atoms with Gasteiger partial charge in [-0.15, -0.1) is 0 Å². The van der Waals surface area contributed by atoms with Crippen LogP contribution in [0.4, 0.5) is 8.78 Å². The lowest BCUT2D eigenvalue weighted by atomic mass is 10.2. The Morgan fingerprint density at radius 2 is 2.31 bits per heavy atom. The van der Waals surface area contributed by atoms with E-state index in [0.29, 0.717) is 5.56 Å². The van der Waals surface area contributed by atoms with Crippen molar-refractivity contribution < 1.29 is 18.3 Å². The molecule has 88 valence electrons. The Hall–Kier alpha value is -0.750. The summed E-state index contributed by atoms with van der Waals surface area (Å²) in [6.45, 7) is 0. The summed E-state index contributed by atoms with van der Waals surface area (Å²) < 4.78 is 29.3. The van der Waals surface area contributed by atoms with Gasteiger partial charge < -0.3 is 4.74 Å². The number of aromatic nitrogens is 1. The summed E-state index contributed by atoms with van der Waals surface area (Å²) in [7, 11) is 1.23. The van der Waals surface area contributed by atoms with Crippen LogP contribution in [0.5, 0.6) is 0 Å². The van der Waals surface area contributed by atoms with Crippen LogP contribution in [-0.4, -0.2) is 18.1 Å². The molecule has 1 heterocycles. The van der Waals surface area contributed by atoms with Crippen LogP contribution in [0.25, 0.3) is 0 Å². The zero-order chi connectivity index (χ0) is 12.3. The Morgan fingerprint density at radius 3 is 2.75 bits per heavy atom. The van der Waals surface area contributed by atoms with E-state index >= 15 is 0 Å². The average molecular weight is 315 g/mol. The number of ether oxygens (including phenoxy) is 1. The Labute approximate surface area is 104 Å². The molecule has 1 aromatic rings. The van der Waals surface area contributed by atoms with Gasteiger partial charge in [-0.05, 0) is 22.0 Å². The quantitative estimate of drug-likeness (QED) is 0.635. The highest BCUT2D eigenvalue weighted by molar-refractivity contribution is 9.10. The highest BCUT2D eigenvalue weighted by Crippen LogP contribution is 2.28. The molecule has 7 heteroatoms. The molecule has 0 saturated carbocycles. The number of rotatable bonds is 3. The Kier molecular flexibility index (Phi) is 4.61. The maximum absolute atomic E-state index is 12.4. The molecule has 3 nitrogen and oxygen atoms in total. The average Bonchev–Trinajstić information content (AvgIpc) is 2.22. The minimum Gasteiger partial charge on any atom is -0.469 e. The molecule has 0 bridgehead atoms. The van der Waals surface area contributed by atoms with Crippen LogP contribution in [0.1, 0.15) is 17.7 Å². The van der Waals surface area contributed by atoms with Gasteiger partial charge in [-0.25, -0.2) is 13.8 Å². The van der Waals surface area contributed by atoms with E-state index in [9.17, 15) is 13.6 Å². The Morgan fingerprint density at radius 1 is 1.69 bits per heavy atom. The summed E-state index contributed by atoms with van der Waals surface area (Å²) in [6, 6.07) is 1.04. The number of hydrogen-bond acceptors (Lipinski definition) is 3. The van der Waals surface area contributed by atoms with Gasteiger partial charge in [0.05, 0.1) is 13.5 Å². The third-order valence-corrected chi connectivity index (χ3v) is 2.80. The van der Waals surface area contributed by atoms with Crippen LogP contribution < -0.4 is 0 Å². The van der Waals surface area contributed by atoms with Crippen molar-refractivity contribution in [3.8, 4) is 0 Å². The van der Waals surface area contributed by atoms with Crippen molar-refractivity contribution in [3.63, 3.8) is 0 Å². The normalized spacial score (nSPS) is 10.6. The van der Waals surface area contributed by atoms with E-state index < -0.39 is 18.1 Å². The lowest BCUT2D eigenvalue weighted by molar-refractivity contribution is -0.139. The zero-order valence-corrected chi connectivity index (χ0v) is 10.5. The fourth-order valence-corrected chi connectivity index (χ4v) is 1.96. The van der Waals surface area contributed by atoms with Crippen LogP contribution >= 0.6 is 27.5 Å². The van der Waals surface area contributed by atoms with Gasteiger partial charge in [0.1, 0.15) is 10.3 Å². The molecule has 0 atom stereocenters. The minimum atomic E-state index is -2.71. The molecule has 0 spiro atoms. The molecular formula is C9H7BrClF2NO2. The van der Waals surface area contributed by atoms with Gasteiger partial charge in [-0.3, -0.25) is 4.79 Å². The monoisotopic (exact) mass is 313 g/mol. The van der Waals surface area contributed by atoms with Crippen molar-refractivity contribution in [2.24, 2.45) is 0 Å². The molecule has 0 aromatic carbocycles. The van der Waals surface area contributed by atoms with E-state index in [1.165, 1.54) is 7.11 Å². The minimum absolute atomic E-state index is 0.0579. The van der Waals surface area contributed by atoms with E-state index in [0.717, 1.165) is 6.07 Å². The fraction of sp³-hybridized carbons (Fsp3) is 0.333. The SMILES string of the molecule is COC(=O)Cc1c(Cl)cc(C(F)F)nc1Br. The van der Waals surface area contributed by atoms with Crippen molar-refractivity contribution in [2.75, 3.05) is 7.11 Å². The fourth-order valence-electron chi connectivity index (χ4n) is 1.01. The Balaban J connectivity index is 3.07. The largest absolute Gasteiger partial charge is 0.469 e. The summed E-state index contributed by atoms with van der Waals surface area (Å²) in [6.07, 6.45) is -2.83. The first-order valence-corrected chi connectivity index (χ1v) is 5.32. The number of pyridine rings is 1. The van der Waals surface area contributed by atoms with Crippen LogP contribution in [0.15, 0.2) is 10.7 Å². The van der Waals surface area contributed by atoms with E-state index in [4.69, 9.17) is 11.6 Å². The van der Waals surface area contributed by atoms with Crippen molar-refractivity contribution in [2.45, 2.75) is 12.8 Å². The topological polar surface area (TPSA) is 39.2 Å². The predicted molar refractivity (Wildman–Crippen MR) is 57.6 cm³/mol. The van der Waals surface area contributed by atoms with Crippen molar-refractivity contribution in [3.05, 3.63) is 26.9 Å². The number of esters is 1. The second-order valence-electron chi connectivity index (χ2n) is 2.85. The molecule has 0 aliphatic carbocycles. The molecule has 0 radical (unpaired) electrons. The molecule has 16 heavy (non-hydrogen) atoms. The van der Waals surface area contributed by atoms with Gasteiger partial charge >= 0.3 is 5.97 Å². The Bertz CT molecular complexity index is 391. The number of hydrogen-bond donors (Lipinski definition) is 0. The van der Waals surface area contributed by atoms with Crippen molar-refractivity contribution in [1.29, 1.82) is 0 Å². The van der Waals surface area contributed by atoms with Gasteiger partial charge in [0, 0.05) is 10.6 Å². The number of carbonyl (C=O) groups is 1. The summed E-state index contributed by atoms with van der Waals surface area (Å²) in [5.74, 6) is -0.519. The second kappa shape index (κ2) is 5.54. The molecule has 0 unspecified atom stereocenters. The number of carbonyl (C=O) groups excluding carboxylic acids is 1. The van der Waals surface area contributed by atoms with Crippen LogP contribution in [0, 0.1) is 0 Å². The first-order chi connectivity index (χ1) is 7.45. The highest BCUT2D eigenvalue weighted by atomic mass is 79.9. The molecular weight excluding hydrogens is 307 g/mol. The van der Waals surface area contributed by atoms with Gasteiger partial charge in [0.15, 0.2) is 0 Å². The number of halogens is 4. The lowest BCUT2D eigenvalue weighted by Gasteiger charge is -2.07. The maximum atomic E-state index is 12.4. The third-order valence-electron chi connectivity index (χ3n) is 1.81. The summed E-state index contributed by atoms with van der Waals surface area (Å²) in [5, 5.41) is 0.0579. The molecule has 0 N–H and O–H groups in total. The smallest absolute Gasteiger partial charge is 0.310 e. The molecule has 0 fully saturated rings. The third kappa shape index (κ3) is 3.12. The standard InChI is InChI=1S/C9H7BrClF2NO2/c1-16-7(15)2-4-5(11)3-6(9(12)13)14-8(4)10/h3,9H,2H2,1H3. The summed E-state index contributed by atoms with van der Waals surface area (Å²) >= 11 is 8.76. The molecule has 0 saturated heterocycles. The number of methoxy groups -OCH3 is 1. The highest BCUT2D eigenvalue weighted by Gasteiger charge is 2.17. The van der Waals surface area contributed by atoms with E-state index in [1.54, 1.807) is 0 Å². The van der Waals surface area contributed by atoms with E-state index in [-0.39, 0.29) is 16.0 Å². The zero-order valence-electron chi connectivity index (χ0n) is 8.14. The number of nitrogens with zero attached hydrogens (tertiary/aromatic N) is 1. The summed E-state index contributed by atoms with van der Waals surface area (Å²) in [4.78, 5) is 14.6. The second-order valence-corrected chi connectivity index (χ2v) is 4.01. The van der Waals surface area contributed by atoms with Gasteiger partial charge in [0.2, 0.25) is 0 Å². The van der Waals surface area contributed by atoms with E-state index in [1.807, 2.05) is 0 Å². The first kappa shape index (κ1) is 13.3. The van der Waals surface area contributed by atoms with Crippen LogP contribution in [0.3, 0.4) is 0 Å². The van der Waals surface area contributed by atoms with Crippen molar-refractivity contribution in [1.82, 2.24) is 4.98 Å². The first-order valence-electron chi connectivity index (χ1n) is 4.15. The molecule has 1 aromatic heterocycles. The predicted octanol–water partition coefficient (Wildman–Crippen LogP) is 3.15. The van der Waals surface area contributed by atoms with E-state index in [2.05, 4.69) is 25.7 Å². The molecule has 0 amide bonds. The number of alkyl halides is 2. The molecule has 0 aliphatic heterocycles. The summed E-state index contributed by atoms with van der Waals surface area (Å²) in [5.41, 5.74) is -0.108. The van der Waals surface area contributed by atoms with Gasteiger partial charge in [-0.2, -0.15) is 0 Å². The van der Waals surface area contributed by atoms with Gasteiger partial charge in [0.25, 0.3) is 6.43 Å². The molecule has 0 aliphatic rings.